The molecule has 2 aromatic rings. The average molecular weight is 422 g/mol. The number of nitrogens with one attached hydrogen (secondary N) is 1. The van der Waals surface area contributed by atoms with Crippen molar-refractivity contribution in [2.75, 3.05) is 11.9 Å². The van der Waals surface area contributed by atoms with Crippen LogP contribution >= 0.6 is 0 Å². The van der Waals surface area contributed by atoms with Crippen molar-refractivity contribution in [2.45, 2.75) is 50.0 Å². The summed E-state index contributed by atoms with van der Waals surface area (Å²) in [4.78, 5) is 12.7. The van der Waals surface area contributed by atoms with E-state index in [0.717, 1.165) is 43.0 Å². The number of amides is 1. The maximum Gasteiger partial charge on any atom is 0.243 e. The van der Waals surface area contributed by atoms with Gasteiger partial charge >= 0.3 is 0 Å². The fourth-order valence-electron chi connectivity index (χ4n) is 3.55. The average Bonchev–Trinajstić information content (AvgIpc) is 2.70. The third-order valence-electron chi connectivity index (χ3n) is 5.11. The summed E-state index contributed by atoms with van der Waals surface area (Å²) < 4.78 is 54.9. The minimum absolute atomic E-state index is 0.110. The highest BCUT2D eigenvalue weighted by molar-refractivity contribution is 7.89. The van der Waals surface area contributed by atoms with Gasteiger partial charge in [0, 0.05) is 12.1 Å². The highest BCUT2D eigenvalue weighted by Crippen LogP contribution is 2.28. The molecular weight excluding hydrogens is 398 g/mol. The molecule has 0 aromatic heterocycles. The first-order valence-electron chi connectivity index (χ1n) is 9.61. The molecule has 0 saturated heterocycles. The first-order valence-corrected chi connectivity index (χ1v) is 11.0. The second kappa shape index (κ2) is 9.00. The summed E-state index contributed by atoms with van der Waals surface area (Å²) in [5, 5.41) is 2.29. The lowest BCUT2D eigenvalue weighted by Gasteiger charge is -2.33. The maximum absolute atomic E-state index is 13.8. The van der Waals surface area contributed by atoms with Crippen molar-refractivity contribution in [3.63, 3.8) is 0 Å². The summed E-state index contributed by atoms with van der Waals surface area (Å²) in [6, 6.07) is 8.86. The van der Waals surface area contributed by atoms with Gasteiger partial charge in [0.05, 0.1) is 17.1 Å². The highest BCUT2D eigenvalue weighted by atomic mass is 32.2. The molecule has 156 valence electrons. The molecule has 1 aliphatic carbocycles. The number of carbonyl (C=O) groups excluding carboxylic acids is 1. The molecule has 3 rings (SSSR count). The van der Waals surface area contributed by atoms with E-state index in [4.69, 9.17) is 0 Å². The van der Waals surface area contributed by atoms with Gasteiger partial charge in [-0.2, -0.15) is 4.31 Å². The van der Waals surface area contributed by atoms with Gasteiger partial charge in [-0.1, -0.05) is 37.0 Å². The Labute approximate surface area is 169 Å². The van der Waals surface area contributed by atoms with Crippen LogP contribution in [0.15, 0.2) is 47.4 Å². The summed E-state index contributed by atoms with van der Waals surface area (Å²) in [7, 11) is -3.92. The molecule has 5 nitrogen and oxygen atoms in total. The van der Waals surface area contributed by atoms with Gasteiger partial charge in [-0.3, -0.25) is 4.79 Å². The molecule has 0 atom stereocenters. The summed E-state index contributed by atoms with van der Waals surface area (Å²) in [5.74, 6) is -2.20. The molecule has 1 amide bonds. The predicted octanol–water partition coefficient (Wildman–Crippen LogP) is 4.24. The Bertz CT molecular complexity index is 972. The predicted molar refractivity (Wildman–Crippen MR) is 107 cm³/mol. The Morgan fingerprint density at radius 1 is 1.07 bits per heavy atom. The molecule has 0 heterocycles. The number of hydrogen-bond acceptors (Lipinski definition) is 3. The van der Waals surface area contributed by atoms with Crippen molar-refractivity contribution < 1.29 is 22.0 Å². The van der Waals surface area contributed by atoms with Crippen LogP contribution in [0, 0.1) is 18.6 Å². The van der Waals surface area contributed by atoms with Crippen molar-refractivity contribution in [3.8, 4) is 0 Å². The van der Waals surface area contributed by atoms with Crippen LogP contribution in [-0.2, 0) is 14.8 Å². The van der Waals surface area contributed by atoms with Crippen LogP contribution in [0.1, 0.15) is 37.7 Å². The zero-order valence-corrected chi connectivity index (χ0v) is 17.0. The van der Waals surface area contributed by atoms with E-state index in [-0.39, 0.29) is 16.6 Å². The zero-order chi connectivity index (χ0) is 21.0. The van der Waals surface area contributed by atoms with Crippen molar-refractivity contribution in [3.05, 3.63) is 59.7 Å². The van der Waals surface area contributed by atoms with E-state index in [2.05, 4.69) is 5.32 Å². The number of aryl methyl sites for hydroxylation is 1. The van der Waals surface area contributed by atoms with Gasteiger partial charge in [-0.15, -0.1) is 0 Å². The molecule has 8 heteroatoms. The molecule has 1 saturated carbocycles. The van der Waals surface area contributed by atoms with Crippen molar-refractivity contribution in [1.29, 1.82) is 0 Å². The monoisotopic (exact) mass is 422 g/mol. The number of carbonyl (C=O) groups is 1. The van der Waals surface area contributed by atoms with E-state index in [1.807, 2.05) is 6.92 Å². The normalized spacial score (nSPS) is 15.4. The van der Waals surface area contributed by atoms with Crippen LogP contribution in [0.5, 0.6) is 0 Å². The Morgan fingerprint density at radius 2 is 1.72 bits per heavy atom. The molecule has 0 aliphatic heterocycles. The zero-order valence-electron chi connectivity index (χ0n) is 16.2. The lowest BCUT2D eigenvalue weighted by Crippen LogP contribution is -2.45. The van der Waals surface area contributed by atoms with Gasteiger partial charge in [0.15, 0.2) is 0 Å². The maximum atomic E-state index is 13.8. The molecule has 1 N–H and O–H groups in total. The van der Waals surface area contributed by atoms with Gasteiger partial charge in [0.1, 0.15) is 11.6 Å². The Balaban J connectivity index is 1.86. The minimum atomic E-state index is -3.92. The van der Waals surface area contributed by atoms with Crippen LogP contribution in [0.25, 0.3) is 0 Å². The van der Waals surface area contributed by atoms with E-state index in [1.54, 1.807) is 12.1 Å². The van der Waals surface area contributed by atoms with Crippen LogP contribution < -0.4 is 5.32 Å². The fourth-order valence-corrected chi connectivity index (χ4v) is 5.19. The molecule has 1 aliphatic rings. The second-order valence-corrected chi connectivity index (χ2v) is 9.22. The smallest absolute Gasteiger partial charge is 0.243 e. The van der Waals surface area contributed by atoms with Crippen molar-refractivity contribution in [1.82, 2.24) is 4.31 Å². The number of sulfonamides is 1. The SMILES string of the molecule is Cc1ccc(S(=O)(=O)N(CC(=O)Nc2cc(F)ccc2F)C2CCCCC2)cc1. The topological polar surface area (TPSA) is 66.5 Å². The first kappa shape index (κ1) is 21.4. The Hall–Kier alpha value is -2.32. The molecule has 0 spiro atoms. The lowest BCUT2D eigenvalue weighted by atomic mass is 9.95. The van der Waals surface area contributed by atoms with Crippen LogP contribution in [-0.4, -0.2) is 31.2 Å². The van der Waals surface area contributed by atoms with E-state index < -0.39 is 34.1 Å². The van der Waals surface area contributed by atoms with Crippen LogP contribution in [0.3, 0.4) is 0 Å². The summed E-state index contributed by atoms with van der Waals surface area (Å²) in [6.45, 7) is 1.40. The number of hydrogen-bond donors (Lipinski definition) is 1. The fraction of sp³-hybridized carbons (Fsp3) is 0.381. The molecule has 0 unspecified atom stereocenters. The number of halogens is 2. The van der Waals surface area contributed by atoms with E-state index in [0.29, 0.717) is 12.8 Å². The van der Waals surface area contributed by atoms with Gasteiger partial charge < -0.3 is 5.32 Å². The van der Waals surface area contributed by atoms with E-state index in [1.165, 1.54) is 16.4 Å². The third kappa shape index (κ3) is 5.19. The molecule has 0 radical (unpaired) electrons. The second-order valence-electron chi connectivity index (χ2n) is 7.33. The number of anilines is 1. The summed E-state index contributed by atoms with van der Waals surface area (Å²) in [5.41, 5.74) is 0.610. The van der Waals surface area contributed by atoms with Crippen LogP contribution in [0.4, 0.5) is 14.5 Å². The quantitative estimate of drug-likeness (QED) is 0.757. The molecule has 0 bridgehead atoms. The highest BCUT2D eigenvalue weighted by Gasteiger charge is 2.34. The Kier molecular flexibility index (Phi) is 6.64. The molecule has 29 heavy (non-hydrogen) atoms. The standard InChI is InChI=1S/C21H24F2N2O3S/c1-15-7-10-18(11-8-15)29(27,28)25(17-5-3-2-4-6-17)14-21(26)24-20-13-16(22)9-12-19(20)23/h7-13,17H,2-6,14H2,1H3,(H,24,26). The van der Waals surface area contributed by atoms with Crippen molar-refractivity contribution >= 4 is 21.6 Å². The van der Waals surface area contributed by atoms with E-state index >= 15 is 0 Å². The largest absolute Gasteiger partial charge is 0.322 e. The molecule has 2 aromatic carbocycles. The number of rotatable bonds is 6. The van der Waals surface area contributed by atoms with Gasteiger partial charge in [-0.25, -0.2) is 17.2 Å². The summed E-state index contributed by atoms with van der Waals surface area (Å²) in [6.07, 6.45) is 4.10. The number of benzene rings is 2. The minimum Gasteiger partial charge on any atom is -0.322 e. The molecule has 1 fully saturated rings. The van der Waals surface area contributed by atoms with Gasteiger partial charge in [-0.05, 0) is 44.0 Å². The van der Waals surface area contributed by atoms with Gasteiger partial charge in [0.2, 0.25) is 15.9 Å². The van der Waals surface area contributed by atoms with Crippen LogP contribution in [0.2, 0.25) is 0 Å². The summed E-state index contributed by atoms with van der Waals surface area (Å²) >= 11 is 0. The first-order chi connectivity index (χ1) is 13.8. The third-order valence-corrected chi connectivity index (χ3v) is 7.02. The van der Waals surface area contributed by atoms with Gasteiger partial charge in [0.25, 0.3) is 0 Å². The Morgan fingerprint density at radius 3 is 2.38 bits per heavy atom. The van der Waals surface area contributed by atoms with Crippen molar-refractivity contribution in [2.24, 2.45) is 0 Å². The number of nitrogens with zero attached hydrogens (tertiary/aromatic N) is 1. The molecular formula is C21H24F2N2O3S. The van der Waals surface area contributed by atoms with E-state index in [9.17, 15) is 22.0 Å². The lowest BCUT2D eigenvalue weighted by molar-refractivity contribution is -0.116.